The minimum atomic E-state index is -1.67. The van der Waals surface area contributed by atoms with Crippen molar-refractivity contribution in [1.82, 2.24) is 0 Å². The van der Waals surface area contributed by atoms with Crippen molar-refractivity contribution in [2.24, 2.45) is 0 Å². The first-order valence-electron chi connectivity index (χ1n) is 7.42. The highest BCUT2D eigenvalue weighted by atomic mass is 28.4. The monoisotopic (exact) mass is 304 g/mol. The van der Waals surface area contributed by atoms with Crippen LogP contribution in [0.1, 0.15) is 48.5 Å². The highest BCUT2D eigenvalue weighted by Crippen LogP contribution is 2.38. The largest absolute Gasteiger partial charge is 0.414 e. The Balaban J connectivity index is 4.47. The van der Waals surface area contributed by atoms with Crippen LogP contribution in [0, 0.1) is 0 Å². The Bertz CT molecular complexity index is 286. The quantitative estimate of drug-likeness (QED) is 0.631. The number of hydrogen-bond donors (Lipinski definition) is 0. The predicted molar refractivity (Wildman–Crippen MR) is 90.9 cm³/mol. The molecule has 0 N–H and O–H groups in total. The van der Waals surface area contributed by atoms with Gasteiger partial charge in [0.25, 0.3) is 0 Å². The average Bonchev–Trinajstić information content (AvgIpc) is 2.10. The van der Waals surface area contributed by atoms with Gasteiger partial charge in [0.15, 0.2) is 16.6 Å². The van der Waals surface area contributed by atoms with Crippen molar-refractivity contribution >= 4 is 16.6 Å². The first-order valence-corrected chi connectivity index (χ1v) is 13.2. The van der Waals surface area contributed by atoms with Gasteiger partial charge in [-0.2, -0.15) is 0 Å². The fourth-order valence-corrected chi connectivity index (χ4v) is 3.77. The van der Waals surface area contributed by atoms with Crippen LogP contribution >= 0.6 is 0 Å². The second kappa shape index (κ2) is 6.00. The molecule has 0 aliphatic rings. The van der Waals surface area contributed by atoms with Crippen LogP contribution in [0.4, 0.5) is 0 Å². The van der Waals surface area contributed by atoms with Gasteiger partial charge in [-0.25, -0.2) is 0 Å². The summed E-state index contributed by atoms with van der Waals surface area (Å²) in [5, 5.41) is 0.530. The van der Waals surface area contributed by atoms with Gasteiger partial charge in [0.1, 0.15) is 0 Å². The summed E-state index contributed by atoms with van der Waals surface area (Å²) in [6, 6.07) is 0. The summed E-state index contributed by atoms with van der Waals surface area (Å²) >= 11 is 0. The molecule has 0 unspecified atom stereocenters. The molecule has 0 radical (unpaired) electrons. The van der Waals surface area contributed by atoms with Crippen LogP contribution < -0.4 is 0 Å². The summed E-state index contributed by atoms with van der Waals surface area (Å²) in [5.41, 5.74) is 0. The number of hydrogen-bond acceptors (Lipinski definition) is 2. The number of rotatable bonds is 5. The van der Waals surface area contributed by atoms with Gasteiger partial charge in [-0.3, -0.25) is 0 Å². The van der Waals surface area contributed by atoms with Crippen LogP contribution in [0.25, 0.3) is 0 Å². The van der Waals surface area contributed by atoms with E-state index in [1.54, 1.807) is 0 Å². The van der Waals surface area contributed by atoms with Crippen LogP contribution in [-0.4, -0.2) is 29.3 Å². The van der Waals surface area contributed by atoms with Gasteiger partial charge >= 0.3 is 0 Å². The Morgan fingerprint density at radius 2 is 1.16 bits per heavy atom. The lowest BCUT2D eigenvalue weighted by molar-refractivity contribution is 0.121. The molecule has 2 nitrogen and oxygen atoms in total. The van der Waals surface area contributed by atoms with E-state index in [2.05, 4.69) is 74.7 Å². The zero-order valence-electron chi connectivity index (χ0n) is 15.1. The smallest absolute Gasteiger partial charge is 0.192 e. The van der Waals surface area contributed by atoms with Gasteiger partial charge in [0, 0.05) is 0 Å². The maximum atomic E-state index is 6.35. The SMILES string of the molecule is C[C@H](CO[Si](C)(C)C(C)(C)C)O[Si](C)(C)C(C)(C)C. The molecule has 4 heteroatoms. The van der Waals surface area contributed by atoms with E-state index < -0.39 is 16.6 Å². The fourth-order valence-electron chi connectivity index (χ4n) is 1.26. The zero-order valence-corrected chi connectivity index (χ0v) is 17.1. The van der Waals surface area contributed by atoms with E-state index in [1.807, 2.05) is 0 Å². The van der Waals surface area contributed by atoms with Crippen molar-refractivity contribution in [3.63, 3.8) is 0 Å². The van der Waals surface area contributed by atoms with Gasteiger partial charge < -0.3 is 8.85 Å². The lowest BCUT2D eigenvalue weighted by atomic mass is 10.2. The Labute approximate surface area is 123 Å². The Morgan fingerprint density at radius 3 is 1.47 bits per heavy atom. The predicted octanol–water partition coefficient (Wildman–Crippen LogP) is 5.42. The third kappa shape index (κ3) is 5.70. The Morgan fingerprint density at radius 1 is 0.789 bits per heavy atom. The van der Waals surface area contributed by atoms with E-state index in [0.29, 0.717) is 0 Å². The normalized spacial score (nSPS) is 16.6. The van der Waals surface area contributed by atoms with Crippen LogP contribution in [0.3, 0.4) is 0 Å². The molecular formula is C15H36O2Si2. The molecular weight excluding hydrogens is 268 g/mol. The maximum Gasteiger partial charge on any atom is 0.192 e. The van der Waals surface area contributed by atoms with E-state index in [0.717, 1.165) is 6.61 Å². The van der Waals surface area contributed by atoms with Crippen molar-refractivity contribution in [3.8, 4) is 0 Å². The molecule has 0 spiro atoms. The third-order valence-corrected chi connectivity index (χ3v) is 13.9. The van der Waals surface area contributed by atoms with Crippen LogP contribution in [0.15, 0.2) is 0 Å². The molecule has 0 rings (SSSR count). The average molecular weight is 305 g/mol. The lowest BCUT2D eigenvalue weighted by Gasteiger charge is -2.40. The fraction of sp³-hybridized carbons (Fsp3) is 1.00. The zero-order chi connectivity index (χ0) is 15.7. The van der Waals surface area contributed by atoms with E-state index in [9.17, 15) is 0 Å². The molecule has 0 fully saturated rings. The van der Waals surface area contributed by atoms with Gasteiger partial charge in [-0.1, -0.05) is 41.5 Å². The Hall–Kier alpha value is 0.354. The minimum Gasteiger partial charge on any atom is -0.414 e. The molecule has 0 aromatic heterocycles. The first kappa shape index (κ1) is 19.4. The molecule has 0 heterocycles. The summed E-state index contributed by atoms with van der Waals surface area (Å²) in [6.07, 6.45) is 0.190. The van der Waals surface area contributed by atoms with Gasteiger partial charge in [-0.05, 0) is 43.2 Å². The molecule has 116 valence electrons. The highest BCUT2D eigenvalue weighted by Gasteiger charge is 2.40. The topological polar surface area (TPSA) is 18.5 Å². The van der Waals surface area contributed by atoms with Crippen molar-refractivity contribution in [3.05, 3.63) is 0 Å². The van der Waals surface area contributed by atoms with Gasteiger partial charge in [0.05, 0.1) is 12.7 Å². The van der Waals surface area contributed by atoms with Crippen LogP contribution in [0.5, 0.6) is 0 Å². The molecule has 0 bridgehead atoms. The second-order valence-electron chi connectivity index (χ2n) is 8.76. The van der Waals surface area contributed by atoms with E-state index in [1.165, 1.54) is 0 Å². The van der Waals surface area contributed by atoms with Crippen molar-refractivity contribution in [2.75, 3.05) is 6.61 Å². The molecule has 0 aromatic rings. The molecule has 0 aliphatic carbocycles. The molecule has 0 saturated carbocycles. The summed E-state index contributed by atoms with van der Waals surface area (Å²) in [4.78, 5) is 0. The third-order valence-electron chi connectivity index (χ3n) is 4.79. The molecule has 0 aromatic carbocycles. The molecule has 0 aliphatic heterocycles. The first-order chi connectivity index (χ1) is 8.10. The molecule has 0 amide bonds. The molecule has 1 atom stereocenters. The standard InChI is InChI=1S/C15H36O2Si2/c1-13(17-19(10,11)15(5,6)7)12-16-18(8,9)14(2,3)4/h13H,12H2,1-11H3/t13-/m1/s1. The second-order valence-corrected chi connectivity index (χ2v) is 18.3. The maximum absolute atomic E-state index is 6.35. The van der Waals surface area contributed by atoms with Gasteiger partial charge in [0.2, 0.25) is 0 Å². The van der Waals surface area contributed by atoms with Crippen molar-refractivity contribution in [1.29, 1.82) is 0 Å². The summed E-state index contributed by atoms with van der Waals surface area (Å²) in [5.74, 6) is 0. The van der Waals surface area contributed by atoms with E-state index in [4.69, 9.17) is 8.85 Å². The van der Waals surface area contributed by atoms with E-state index >= 15 is 0 Å². The lowest BCUT2D eigenvalue weighted by Crippen LogP contribution is -2.47. The highest BCUT2D eigenvalue weighted by molar-refractivity contribution is 6.74. The van der Waals surface area contributed by atoms with Gasteiger partial charge in [-0.15, -0.1) is 0 Å². The summed E-state index contributed by atoms with van der Waals surface area (Å²) < 4.78 is 12.6. The van der Waals surface area contributed by atoms with Crippen molar-refractivity contribution in [2.45, 2.75) is 90.8 Å². The summed E-state index contributed by atoms with van der Waals surface area (Å²) in [6.45, 7) is 25.7. The minimum absolute atomic E-state index is 0.190. The Kier molecular flexibility index (Phi) is 6.11. The van der Waals surface area contributed by atoms with E-state index in [-0.39, 0.29) is 16.2 Å². The van der Waals surface area contributed by atoms with Crippen LogP contribution in [0.2, 0.25) is 36.3 Å². The van der Waals surface area contributed by atoms with Crippen LogP contribution in [-0.2, 0) is 8.85 Å². The van der Waals surface area contributed by atoms with Crippen molar-refractivity contribution < 1.29 is 8.85 Å². The molecule has 0 saturated heterocycles. The molecule has 19 heavy (non-hydrogen) atoms. The summed E-state index contributed by atoms with van der Waals surface area (Å²) in [7, 11) is -3.33.